The number of amides is 2. The van der Waals surface area contributed by atoms with E-state index in [1.165, 1.54) is 0 Å². The second-order valence-corrected chi connectivity index (χ2v) is 7.08. The van der Waals surface area contributed by atoms with Crippen LogP contribution in [0, 0.1) is 6.92 Å². The molecule has 0 bridgehead atoms. The lowest BCUT2D eigenvalue weighted by molar-refractivity contribution is -0.137. The van der Waals surface area contributed by atoms with Crippen LogP contribution in [0.2, 0.25) is 0 Å². The van der Waals surface area contributed by atoms with E-state index in [4.69, 9.17) is 4.74 Å². The van der Waals surface area contributed by atoms with Gasteiger partial charge in [0.25, 0.3) is 5.91 Å². The van der Waals surface area contributed by atoms with E-state index in [1.807, 2.05) is 23.1 Å². The van der Waals surface area contributed by atoms with Crippen LogP contribution in [0.4, 0.5) is 0 Å². The zero-order valence-corrected chi connectivity index (χ0v) is 15.2. The summed E-state index contributed by atoms with van der Waals surface area (Å²) in [5.41, 5.74) is -0.0621. The lowest BCUT2D eigenvalue weighted by Crippen LogP contribution is -2.58. The molecule has 27 heavy (non-hydrogen) atoms. The summed E-state index contributed by atoms with van der Waals surface area (Å²) in [6, 6.07) is 7.23. The van der Waals surface area contributed by atoms with Crippen LogP contribution in [-0.2, 0) is 11.3 Å². The zero-order chi connectivity index (χ0) is 18.9. The molecule has 1 aromatic heterocycles. The normalized spacial score (nSPS) is 22.0. The number of nitrogens with zero attached hydrogens (tertiary/aromatic N) is 5. The summed E-state index contributed by atoms with van der Waals surface area (Å²) in [5, 5.41) is 14.3. The highest BCUT2D eigenvalue weighted by atomic mass is 16.5. The molecule has 1 spiro atoms. The number of rotatable bonds is 3. The van der Waals surface area contributed by atoms with Gasteiger partial charge in [-0.3, -0.25) is 9.59 Å². The Hall–Kier alpha value is -2.97. The van der Waals surface area contributed by atoms with Gasteiger partial charge in [-0.05, 0) is 42.3 Å². The molecule has 0 radical (unpaired) electrons. The molecule has 1 N–H and O–H groups in total. The van der Waals surface area contributed by atoms with E-state index in [-0.39, 0.29) is 11.8 Å². The Morgan fingerprint density at radius 1 is 1.37 bits per heavy atom. The fourth-order valence-corrected chi connectivity index (χ4v) is 3.70. The summed E-state index contributed by atoms with van der Waals surface area (Å²) < 4.78 is 7.91. The lowest BCUT2D eigenvalue weighted by atomic mass is 9.92. The second-order valence-electron chi connectivity index (χ2n) is 7.08. The Morgan fingerprint density at radius 2 is 2.22 bits per heavy atom. The molecule has 1 fully saturated rings. The molecule has 2 aromatic rings. The van der Waals surface area contributed by atoms with Gasteiger partial charge in [0, 0.05) is 13.0 Å². The van der Waals surface area contributed by atoms with Gasteiger partial charge < -0.3 is 15.0 Å². The van der Waals surface area contributed by atoms with Crippen molar-refractivity contribution in [1.29, 1.82) is 0 Å². The Bertz CT molecular complexity index is 866. The van der Waals surface area contributed by atoms with Gasteiger partial charge in [0.05, 0.1) is 25.2 Å². The maximum absolute atomic E-state index is 12.7. The lowest BCUT2D eigenvalue weighted by Gasteiger charge is -2.42. The monoisotopic (exact) mass is 370 g/mol. The minimum atomic E-state index is -0.596. The average molecular weight is 370 g/mol. The standard InChI is InChI=1S/C18H22N6O3/c1-13-20-21-22-24(13)10-7-16(25)23-9-4-8-18(12-23)11-19-17(26)14-5-2-3-6-15(14)27-18/h2-3,5-6H,4,7-12H2,1H3,(H,19,26). The second kappa shape index (κ2) is 6.98. The average Bonchev–Trinajstić information content (AvgIpc) is 3.04. The van der Waals surface area contributed by atoms with Crippen molar-refractivity contribution in [3.05, 3.63) is 35.7 Å². The third kappa shape index (κ3) is 3.49. The molecule has 142 valence electrons. The Balaban J connectivity index is 1.46. The van der Waals surface area contributed by atoms with Crippen molar-refractivity contribution in [3.63, 3.8) is 0 Å². The van der Waals surface area contributed by atoms with Gasteiger partial charge in [0.1, 0.15) is 17.2 Å². The molecule has 1 saturated heterocycles. The van der Waals surface area contributed by atoms with Crippen LogP contribution < -0.4 is 10.1 Å². The Morgan fingerprint density at radius 3 is 3.04 bits per heavy atom. The maximum atomic E-state index is 12.7. The van der Waals surface area contributed by atoms with Crippen molar-refractivity contribution in [2.75, 3.05) is 19.6 Å². The number of fused-ring (bicyclic) bond motifs is 1. The first-order valence-electron chi connectivity index (χ1n) is 9.13. The molecule has 3 heterocycles. The third-order valence-electron chi connectivity index (χ3n) is 5.17. The highest BCUT2D eigenvalue weighted by Crippen LogP contribution is 2.32. The van der Waals surface area contributed by atoms with E-state index in [1.54, 1.807) is 17.7 Å². The van der Waals surface area contributed by atoms with Crippen LogP contribution in [0.25, 0.3) is 0 Å². The number of benzene rings is 1. The Kier molecular flexibility index (Phi) is 4.51. The predicted octanol–water partition coefficient (Wildman–Crippen LogP) is 0.555. The van der Waals surface area contributed by atoms with Crippen LogP contribution in [0.5, 0.6) is 5.75 Å². The van der Waals surface area contributed by atoms with Crippen molar-refractivity contribution in [3.8, 4) is 5.75 Å². The van der Waals surface area contributed by atoms with Gasteiger partial charge in [-0.25, -0.2) is 4.68 Å². The summed E-state index contributed by atoms with van der Waals surface area (Å²) in [6.45, 7) is 3.78. The molecule has 1 aromatic carbocycles. The number of ether oxygens (including phenoxy) is 1. The number of likely N-dealkylation sites (tertiary alicyclic amines) is 1. The summed E-state index contributed by atoms with van der Waals surface area (Å²) in [4.78, 5) is 26.9. The maximum Gasteiger partial charge on any atom is 0.255 e. The van der Waals surface area contributed by atoms with E-state index in [0.717, 1.165) is 12.8 Å². The zero-order valence-electron chi connectivity index (χ0n) is 15.2. The SMILES string of the molecule is Cc1nnnn1CCC(=O)N1CCCC2(CNC(=O)c3ccccc3O2)C1. The van der Waals surface area contributed by atoms with Crippen LogP contribution >= 0.6 is 0 Å². The smallest absolute Gasteiger partial charge is 0.255 e. The molecule has 1 atom stereocenters. The third-order valence-corrected chi connectivity index (χ3v) is 5.17. The number of carbonyl (C=O) groups excluding carboxylic acids is 2. The minimum absolute atomic E-state index is 0.0384. The van der Waals surface area contributed by atoms with Gasteiger partial charge in [-0.1, -0.05) is 12.1 Å². The minimum Gasteiger partial charge on any atom is -0.483 e. The van der Waals surface area contributed by atoms with E-state index >= 15 is 0 Å². The van der Waals surface area contributed by atoms with Gasteiger partial charge in [-0.15, -0.1) is 5.10 Å². The number of tetrazole rings is 1. The number of nitrogens with one attached hydrogen (secondary N) is 1. The highest BCUT2D eigenvalue weighted by Gasteiger charge is 2.41. The summed E-state index contributed by atoms with van der Waals surface area (Å²) in [6.07, 6.45) is 1.94. The largest absolute Gasteiger partial charge is 0.483 e. The summed E-state index contributed by atoms with van der Waals surface area (Å²) in [7, 11) is 0. The van der Waals surface area contributed by atoms with Crippen molar-refractivity contribution in [2.24, 2.45) is 0 Å². The van der Waals surface area contributed by atoms with E-state index in [9.17, 15) is 9.59 Å². The number of para-hydroxylation sites is 1. The van der Waals surface area contributed by atoms with Gasteiger partial charge in [0.2, 0.25) is 5.91 Å². The molecule has 9 heteroatoms. The molecule has 1 unspecified atom stereocenters. The van der Waals surface area contributed by atoms with Crippen LogP contribution in [0.1, 0.15) is 35.4 Å². The van der Waals surface area contributed by atoms with Crippen LogP contribution in [0.15, 0.2) is 24.3 Å². The first-order valence-corrected chi connectivity index (χ1v) is 9.13. The molecular formula is C18H22N6O3. The summed E-state index contributed by atoms with van der Waals surface area (Å²) >= 11 is 0. The van der Waals surface area contributed by atoms with E-state index < -0.39 is 5.60 Å². The fraction of sp³-hybridized carbons (Fsp3) is 0.500. The number of aryl methyl sites for hydroxylation is 2. The van der Waals surface area contributed by atoms with Crippen molar-refractivity contribution in [2.45, 2.75) is 38.3 Å². The highest BCUT2D eigenvalue weighted by molar-refractivity contribution is 5.97. The number of aromatic nitrogens is 4. The molecule has 2 aliphatic rings. The molecule has 4 rings (SSSR count). The molecular weight excluding hydrogens is 348 g/mol. The van der Waals surface area contributed by atoms with E-state index in [2.05, 4.69) is 20.8 Å². The van der Waals surface area contributed by atoms with Crippen LogP contribution in [-0.4, -0.2) is 62.2 Å². The quantitative estimate of drug-likeness (QED) is 0.847. The van der Waals surface area contributed by atoms with Crippen molar-refractivity contribution in [1.82, 2.24) is 30.4 Å². The van der Waals surface area contributed by atoms with Crippen molar-refractivity contribution >= 4 is 11.8 Å². The summed E-state index contributed by atoms with van der Waals surface area (Å²) in [5.74, 6) is 1.16. The number of piperidine rings is 1. The van der Waals surface area contributed by atoms with E-state index in [0.29, 0.717) is 49.7 Å². The first-order chi connectivity index (χ1) is 13.1. The molecule has 2 amide bonds. The molecule has 9 nitrogen and oxygen atoms in total. The number of hydrogen-bond acceptors (Lipinski definition) is 6. The van der Waals surface area contributed by atoms with Crippen LogP contribution in [0.3, 0.4) is 0 Å². The molecule has 2 aliphatic heterocycles. The first kappa shape index (κ1) is 17.4. The number of carbonyl (C=O) groups is 2. The van der Waals surface area contributed by atoms with Gasteiger partial charge in [0.15, 0.2) is 0 Å². The van der Waals surface area contributed by atoms with Gasteiger partial charge in [-0.2, -0.15) is 0 Å². The predicted molar refractivity (Wildman–Crippen MR) is 95.1 cm³/mol. The van der Waals surface area contributed by atoms with Crippen molar-refractivity contribution < 1.29 is 14.3 Å². The fourth-order valence-electron chi connectivity index (χ4n) is 3.70. The molecule has 0 saturated carbocycles. The Labute approximate surface area is 156 Å². The molecule has 0 aliphatic carbocycles. The van der Waals surface area contributed by atoms with Gasteiger partial charge >= 0.3 is 0 Å². The number of hydrogen-bond donors (Lipinski definition) is 1. The topological polar surface area (TPSA) is 102 Å².